The lowest BCUT2D eigenvalue weighted by molar-refractivity contribution is -0.159. The van der Waals surface area contributed by atoms with Gasteiger partial charge in [-0.05, 0) is 62.1 Å². The van der Waals surface area contributed by atoms with Gasteiger partial charge >= 0.3 is 11.9 Å². The van der Waals surface area contributed by atoms with Gasteiger partial charge in [0.2, 0.25) is 0 Å². The van der Waals surface area contributed by atoms with Crippen LogP contribution in [0.25, 0.3) is 0 Å². The highest BCUT2D eigenvalue weighted by Gasteiger charge is 2.04. The molecule has 0 radical (unpaired) electrons. The Bertz CT molecular complexity index is 701. The lowest BCUT2D eigenvalue weighted by Gasteiger charge is -2.13. The molecule has 0 bridgehead atoms. The predicted octanol–water partition coefficient (Wildman–Crippen LogP) is 3.53. The molecule has 2 N–H and O–H groups in total. The zero-order valence-corrected chi connectivity index (χ0v) is 15.4. The van der Waals surface area contributed by atoms with Gasteiger partial charge in [-0.25, -0.2) is 9.59 Å². The van der Waals surface area contributed by atoms with Gasteiger partial charge in [0.15, 0.2) is 0 Å². The van der Waals surface area contributed by atoms with E-state index in [-0.39, 0.29) is 0 Å². The maximum absolute atomic E-state index is 9.10. The lowest BCUT2D eigenvalue weighted by atomic mass is 10.1. The molecule has 2 rings (SSSR count). The van der Waals surface area contributed by atoms with Gasteiger partial charge < -0.3 is 19.7 Å². The zero-order valence-electron chi connectivity index (χ0n) is 15.4. The summed E-state index contributed by atoms with van der Waals surface area (Å²) in [7, 11) is 0. The maximum Gasteiger partial charge on any atom is 0.414 e. The Morgan fingerprint density at radius 2 is 1.08 bits per heavy atom. The van der Waals surface area contributed by atoms with Crippen molar-refractivity contribution in [1.82, 2.24) is 0 Å². The Labute approximate surface area is 153 Å². The number of aliphatic carboxylic acids is 2. The summed E-state index contributed by atoms with van der Waals surface area (Å²) >= 11 is 0. The summed E-state index contributed by atoms with van der Waals surface area (Å²) in [6.07, 6.45) is 0. The van der Waals surface area contributed by atoms with Crippen LogP contribution in [0.15, 0.2) is 36.4 Å². The third-order valence-corrected chi connectivity index (χ3v) is 3.89. The molecular formula is C20H24O6. The van der Waals surface area contributed by atoms with Gasteiger partial charge in [0.25, 0.3) is 0 Å². The molecule has 0 aliphatic heterocycles. The van der Waals surface area contributed by atoms with Crippen LogP contribution in [-0.2, 0) is 9.59 Å². The number of aryl methyl sites for hydroxylation is 2. The number of rotatable bonds is 5. The minimum Gasteiger partial charge on any atom is -0.490 e. The smallest absolute Gasteiger partial charge is 0.414 e. The van der Waals surface area contributed by atoms with E-state index in [1.54, 1.807) is 0 Å². The molecule has 0 unspecified atom stereocenters. The van der Waals surface area contributed by atoms with E-state index in [4.69, 9.17) is 29.3 Å². The van der Waals surface area contributed by atoms with Crippen molar-refractivity contribution in [3.63, 3.8) is 0 Å². The first-order valence-corrected chi connectivity index (χ1v) is 8.08. The summed E-state index contributed by atoms with van der Waals surface area (Å²) in [5.41, 5.74) is 4.88. The molecule has 26 heavy (non-hydrogen) atoms. The van der Waals surface area contributed by atoms with E-state index >= 15 is 0 Å². The van der Waals surface area contributed by atoms with Crippen molar-refractivity contribution in [2.75, 3.05) is 13.2 Å². The van der Waals surface area contributed by atoms with E-state index in [1.807, 2.05) is 24.3 Å². The van der Waals surface area contributed by atoms with Crippen LogP contribution in [0.4, 0.5) is 0 Å². The van der Waals surface area contributed by atoms with Gasteiger partial charge in [0.05, 0.1) is 0 Å². The van der Waals surface area contributed by atoms with Gasteiger partial charge in [-0.3, -0.25) is 0 Å². The Balaban J connectivity index is 0.000000487. The van der Waals surface area contributed by atoms with E-state index in [9.17, 15) is 0 Å². The largest absolute Gasteiger partial charge is 0.490 e. The normalized spacial score (nSPS) is 9.69. The molecule has 0 atom stereocenters. The van der Waals surface area contributed by atoms with Crippen molar-refractivity contribution < 1.29 is 29.3 Å². The molecular weight excluding hydrogens is 336 g/mol. The monoisotopic (exact) mass is 360 g/mol. The fourth-order valence-electron chi connectivity index (χ4n) is 2.06. The quantitative estimate of drug-likeness (QED) is 0.626. The number of ether oxygens (including phenoxy) is 2. The van der Waals surface area contributed by atoms with Crippen LogP contribution in [-0.4, -0.2) is 35.4 Å². The number of hydrogen-bond acceptors (Lipinski definition) is 4. The molecule has 0 aliphatic carbocycles. The minimum atomic E-state index is -1.82. The zero-order chi connectivity index (χ0) is 19.7. The van der Waals surface area contributed by atoms with Crippen molar-refractivity contribution in [2.24, 2.45) is 0 Å². The molecule has 0 saturated carbocycles. The third kappa shape index (κ3) is 6.47. The number of hydrogen-bond donors (Lipinski definition) is 2. The molecule has 0 aromatic heterocycles. The van der Waals surface area contributed by atoms with E-state index in [2.05, 4.69) is 39.8 Å². The standard InChI is InChI=1S/C18H22O2.C2H2O4/c1-13-7-5-9-17(15(13)3)19-11-12-20-18-10-6-8-14(2)16(18)4;3-1(4)2(5)6/h5-10H,11-12H2,1-4H3;(H,3,4)(H,5,6). The Hall–Kier alpha value is -3.02. The molecule has 140 valence electrons. The number of benzene rings is 2. The molecule has 2 aromatic rings. The van der Waals surface area contributed by atoms with E-state index < -0.39 is 11.9 Å². The van der Waals surface area contributed by atoms with Gasteiger partial charge in [-0.1, -0.05) is 24.3 Å². The first-order valence-electron chi connectivity index (χ1n) is 8.08. The van der Waals surface area contributed by atoms with Crippen LogP contribution in [0.2, 0.25) is 0 Å². The van der Waals surface area contributed by atoms with Crippen molar-refractivity contribution >= 4 is 11.9 Å². The van der Waals surface area contributed by atoms with Crippen LogP contribution in [0.3, 0.4) is 0 Å². The van der Waals surface area contributed by atoms with Crippen LogP contribution in [0, 0.1) is 27.7 Å². The summed E-state index contributed by atoms with van der Waals surface area (Å²) < 4.78 is 11.6. The van der Waals surface area contributed by atoms with Gasteiger partial charge in [-0.2, -0.15) is 0 Å². The SMILES string of the molecule is Cc1cccc(OCCOc2cccc(C)c2C)c1C.O=C(O)C(=O)O. The van der Waals surface area contributed by atoms with Gasteiger partial charge in [-0.15, -0.1) is 0 Å². The lowest BCUT2D eigenvalue weighted by Crippen LogP contribution is -2.10. The fourth-order valence-corrected chi connectivity index (χ4v) is 2.06. The van der Waals surface area contributed by atoms with Crippen molar-refractivity contribution in [3.8, 4) is 11.5 Å². The van der Waals surface area contributed by atoms with E-state index in [0.29, 0.717) is 13.2 Å². The van der Waals surface area contributed by atoms with Crippen LogP contribution in [0.1, 0.15) is 22.3 Å². The molecule has 0 fully saturated rings. The van der Waals surface area contributed by atoms with E-state index in [1.165, 1.54) is 22.3 Å². The van der Waals surface area contributed by atoms with Gasteiger partial charge in [0, 0.05) is 0 Å². The maximum atomic E-state index is 9.10. The first-order chi connectivity index (χ1) is 12.2. The summed E-state index contributed by atoms with van der Waals surface area (Å²) in [6, 6.07) is 12.2. The van der Waals surface area contributed by atoms with Crippen LogP contribution < -0.4 is 9.47 Å². The molecule has 0 heterocycles. The third-order valence-electron chi connectivity index (χ3n) is 3.89. The summed E-state index contributed by atoms with van der Waals surface area (Å²) in [5, 5.41) is 14.8. The average molecular weight is 360 g/mol. The summed E-state index contributed by atoms with van der Waals surface area (Å²) in [6.45, 7) is 9.45. The highest BCUT2D eigenvalue weighted by Crippen LogP contribution is 2.22. The van der Waals surface area contributed by atoms with Crippen molar-refractivity contribution in [2.45, 2.75) is 27.7 Å². The number of carbonyl (C=O) groups is 2. The molecule has 6 nitrogen and oxygen atoms in total. The molecule has 2 aromatic carbocycles. The second kappa shape index (κ2) is 10.1. The molecule has 6 heteroatoms. The summed E-state index contributed by atoms with van der Waals surface area (Å²) in [5.74, 6) is -1.77. The van der Waals surface area contributed by atoms with Crippen molar-refractivity contribution in [1.29, 1.82) is 0 Å². The Morgan fingerprint density at radius 3 is 1.38 bits per heavy atom. The topological polar surface area (TPSA) is 93.1 Å². The first kappa shape index (κ1) is 21.0. The molecule has 0 aliphatic rings. The van der Waals surface area contributed by atoms with Crippen molar-refractivity contribution in [3.05, 3.63) is 58.7 Å². The van der Waals surface area contributed by atoms with Crippen LogP contribution >= 0.6 is 0 Å². The highest BCUT2D eigenvalue weighted by molar-refractivity contribution is 6.27. The average Bonchev–Trinajstić information content (AvgIpc) is 2.59. The van der Waals surface area contributed by atoms with Gasteiger partial charge in [0.1, 0.15) is 24.7 Å². The fraction of sp³-hybridized carbons (Fsp3) is 0.300. The second-order valence-corrected chi connectivity index (χ2v) is 5.70. The number of carboxylic acids is 2. The Kier molecular flexibility index (Phi) is 8.15. The molecule has 0 saturated heterocycles. The Morgan fingerprint density at radius 1 is 0.731 bits per heavy atom. The summed E-state index contributed by atoms with van der Waals surface area (Å²) in [4.78, 5) is 18.2. The minimum absolute atomic E-state index is 0.553. The molecule has 0 spiro atoms. The highest BCUT2D eigenvalue weighted by atomic mass is 16.5. The second-order valence-electron chi connectivity index (χ2n) is 5.70. The predicted molar refractivity (Wildman–Crippen MR) is 98.1 cm³/mol. The van der Waals surface area contributed by atoms with Crippen LogP contribution in [0.5, 0.6) is 11.5 Å². The number of carboxylic acid groups (broad SMARTS) is 2. The van der Waals surface area contributed by atoms with E-state index in [0.717, 1.165) is 11.5 Å². The molecule has 0 amide bonds.